The van der Waals surface area contributed by atoms with E-state index in [1.807, 2.05) is 0 Å². The van der Waals surface area contributed by atoms with E-state index in [0.717, 1.165) is 28.4 Å². The molecule has 11 rings (SSSR count). The molecule has 0 aliphatic heterocycles. The van der Waals surface area contributed by atoms with Crippen LogP contribution in [-0.2, 0) is 0 Å². The van der Waals surface area contributed by atoms with Gasteiger partial charge in [-0.1, -0.05) is 177 Å². The Balaban J connectivity index is 1.01. The fourth-order valence-corrected chi connectivity index (χ4v) is 9.82. The maximum Gasteiger partial charge on any atom is 0.0546 e. The summed E-state index contributed by atoms with van der Waals surface area (Å²) in [6.45, 7) is 0. The molecule has 2 nitrogen and oxygen atoms in total. The van der Waals surface area contributed by atoms with Crippen LogP contribution in [0.3, 0.4) is 0 Å². The standard InChI is InChI=1S/C60H48N2/c1-3-14-43(15-4-1)46-26-33-53(34-27-46)61(56-37-30-44-16-7-9-21-50(44)41-56)55-24-13-23-52(40-55)47-28-35-54(36-29-47)62(57-38-31-45-17-8-10-22-51(45)42-57)59-39-32-48-18-11-12-25-58(48)60(59)49-19-5-2-6-20-49/h2,5-13,16-43H,1,3-4,14-15H2. The molecule has 0 aromatic heterocycles. The SMILES string of the molecule is c1ccc(-c2c(N(c3ccc(-c4cccc(N(c5ccc(C6CCCCC6)cc5)c5ccc6ccccc6c5)c4)cc3)c3ccc4ccccc4c3)ccc3ccccc23)cc1. The van der Waals surface area contributed by atoms with Crippen LogP contribution in [0.25, 0.3) is 54.6 Å². The summed E-state index contributed by atoms with van der Waals surface area (Å²) >= 11 is 0. The summed E-state index contributed by atoms with van der Waals surface area (Å²) in [5.74, 6) is 0.668. The summed E-state index contributed by atoms with van der Waals surface area (Å²) in [6, 6.07) is 82.6. The van der Waals surface area contributed by atoms with Gasteiger partial charge in [0, 0.05) is 34.0 Å². The summed E-state index contributed by atoms with van der Waals surface area (Å²) in [5.41, 5.74) is 13.0. The molecule has 10 aromatic rings. The summed E-state index contributed by atoms with van der Waals surface area (Å²) in [7, 11) is 0. The molecule has 1 fully saturated rings. The van der Waals surface area contributed by atoms with Crippen LogP contribution >= 0.6 is 0 Å². The van der Waals surface area contributed by atoms with Gasteiger partial charge < -0.3 is 9.80 Å². The number of benzene rings is 10. The predicted molar refractivity (Wildman–Crippen MR) is 265 cm³/mol. The van der Waals surface area contributed by atoms with E-state index in [9.17, 15) is 0 Å². The lowest BCUT2D eigenvalue weighted by Crippen LogP contribution is -2.11. The van der Waals surface area contributed by atoms with E-state index in [4.69, 9.17) is 0 Å². The summed E-state index contributed by atoms with van der Waals surface area (Å²) in [6.07, 6.45) is 6.63. The summed E-state index contributed by atoms with van der Waals surface area (Å²) < 4.78 is 0. The van der Waals surface area contributed by atoms with Crippen molar-refractivity contribution in [1.29, 1.82) is 0 Å². The minimum absolute atomic E-state index is 0.668. The third kappa shape index (κ3) is 7.28. The topological polar surface area (TPSA) is 6.48 Å². The van der Waals surface area contributed by atoms with E-state index >= 15 is 0 Å². The van der Waals surface area contributed by atoms with Crippen LogP contribution in [0, 0.1) is 0 Å². The van der Waals surface area contributed by atoms with E-state index in [2.05, 4.69) is 234 Å². The molecule has 0 spiro atoms. The van der Waals surface area contributed by atoms with Crippen LogP contribution < -0.4 is 9.80 Å². The predicted octanol–water partition coefficient (Wildman–Crippen LogP) is 17.5. The second-order valence-corrected chi connectivity index (χ2v) is 16.8. The fraction of sp³-hybridized carbons (Fsp3) is 0.100. The highest BCUT2D eigenvalue weighted by molar-refractivity contribution is 6.06. The van der Waals surface area contributed by atoms with Crippen LogP contribution in [0.2, 0.25) is 0 Å². The number of fused-ring (bicyclic) bond motifs is 3. The lowest BCUT2D eigenvalue weighted by Gasteiger charge is -2.29. The molecule has 0 heterocycles. The van der Waals surface area contributed by atoms with Gasteiger partial charge in [-0.05, 0) is 140 Å². The Morgan fingerprint density at radius 1 is 0.306 bits per heavy atom. The van der Waals surface area contributed by atoms with Crippen LogP contribution in [0.4, 0.5) is 34.1 Å². The van der Waals surface area contributed by atoms with Crippen molar-refractivity contribution in [2.75, 3.05) is 9.80 Å². The molecule has 0 bridgehead atoms. The minimum Gasteiger partial charge on any atom is -0.310 e. The van der Waals surface area contributed by atoms with E-state index in [0.29, 0.717) is 5.92 Å². The third-order valence-electron chi connectivity index (χ3n) is 13.0. The van der Waals surface area contributed by atoms with Crippen molar-refractivity contribution in [3.63, 3.8) is 0 Å². The van der Waals surface area contributed by atoms with Gasteiger partial charge in [-0.25, -0.2) is 0 Å². The normalized spacial score (nSPS) is 13.1. The second kappa shape index (κ2) is 16.6. The van der Waals surface area contributed by atoms with Gasteiger partial charge in [-0.15, -0.1) is 0 Å². The molecule has 0 saturated heterocycles. The Morgan fingerprint density at radius 2 is 0.823 bits per heavy atom. The number of hydrogen-bond acceptors (Lipinski definition) is 2. The van der Waals surface area contributed by atoms with E-state index in [1.54, 1.807) is 0 Å². The average Bonchev–Trinajstić information content (AvgIpc) is 3.35. The zero-order valence-corrected chi connectivity index (χ0v) is 34.9. The van der Waals surface area contributed by atoms with Crippen LogP contribution in [0.1, 0.15) is 43.6 Å². The largest absolute Gasteiger partial charge is 0.310 e. The van der Waals surface area contributed by atoms with Gasteiger partial charge in [-0.3, -0.25) is 0 Å². The molecule has 298 valence electrons. The first kappa shape index (κ1) is 37.6. The first-order valence-electron chi connectivity index (χ1n) is 22.2. The van der Waals surface area contributed by atoms with Gasteiger partial charge in [0.2, 0.25) is 0 Å². The van der Waals surface area contributed by atoms with E-state index < -0.39 is 0 Å². The number of rotatable bonds is 9. The lowest BCUT2D eigenvalue weighted by atomic mass is 9.84. The summed E-state index contributed by atoms with van der Waals surface area (Å²) in [4.78, 5) is 4.85. The molecule has 10 aromatic carbocycles. The van der Waals surface area contributed by atoms with Crippen molar-refractivity contribution in [3.8, 4) is 22.3 Å². The van der Waals surface area contributed by atoms with Crippen LogP contribution in [0.15, 0.2) is 224 Å². The van der Waals surface area contributed by atoms with Gasteiger partial charge in [0.25, 0.3) is 0 Å². The maximum absolute atomic E-state index is 2.43. The first-order chi connectivity index (χ1) is 30.7. The Kier molecular flexibility index (Phi) is 10.0. The second-order valence-electron chi connectivity index (χ2n) is 16.8. The third-order valence-corrected chi connectivity index (χ3v) is 13.0. The van der Waals surface area contributed by atoms with Crippen molar-refractivity contribution < 1.29 is 0 Å². The van der Waals surface area contributed by atoms with Crippen molar-refractivity contribution >= 4 is 66.4 Å². The maximum atomic E-state index is 2.43. The van der Waals surface area contributed by atoms with Gasteiger partial charge in [0.1, 0.15) is 0 Å². The molecule has 0 unspecified atom stereocenters. The zero-order chi connectivity index (χ0) is 41.2. The Labute approximate surface area is 365 Å². The highest BCUT2D eigenvalue weighted by Crippen LogP contribution is 2.46. The molecule has 1 aliphatic carbocycles. The molecular weight excluding hydrogens is 749 g/mol. The Morgan fingerprint density at radius 3 is 1.52 bits per heavy atom. The van der Waals surface area contributed by atoms with Crippen LogP contribution in [-0.4, -0.2) is 0 Å². The van der Waals surface area contributed by atoms with Crippen molar-refractivity contribution in [3.05, 3.63) is 230 Å². The molecule has 0 radical (unpaired) electrons. The molecule has 1 aliphatic rings. The summed E-state index contributed by atoms with van der Waals surface area (Å²) in [5, 5.41) is 7.38. The van der Waals surface area contributed by atoms with Gasteiger partial charge in [0.05, 0.1) is 5.69 Å². The quantitative estimate of drug-likeness (QED) is 0.144. The monoisotopic (exact) mass is 796 g/mol. The molecular formula is C60H48N2. The fourth-order valence-electron chi connectivity index (χ4n) is 9.82. The highest BCUT2D eigenvalue weighted by Gasteiger charge is 2.21. The van der Waals surface area contributed by atoms with E-state index in [1.165, 1.54) is 97.9 Å². The first-order valence-corrected chi connectivity index (χ1v) is 22.2. The lowest BCUT2D eigenvalue weighted by molar-refractivity contribution is 0.443. The van der Waals surface area contributed by atoms with Gasteiger partial charge in [-0.2, -0.15) is 0 Å². The molecule has 62 heavy (non-hydrogen) atoms. The number of hydrogen-bond donors (Lipinski definition) is 0. The number of nitrogens with zero attached hydrogens (tertiary/aromatic N) is 2. The molecule has 2 heteroatoms. The highest BCUT2D eigenvalue weighted by atomic mass is 15.1. The smallest absolute Gasteiger partial charge is 0.0546 e. The minimum atomic E-state index is 0.668. The van der Waals surface area contributed by atoms with E-state index in [-0.39, 0.29) is 0 Å². The van der Waals surface area contributed by atoms with Crippen molar-refractivity contribution in [2.45, 2.75) is 38.0 Å². The zero-order valence-electron chi connectivity index (χ0n) is 34.9. The Hall–Kier alpha value is -7.42. The van der Waals surface area contributed by atoms with Gasteiger partial charge >= 0.3 is 0 Å². The molecule has 1 saturated carbocycles. The number of anilines is 6. The Bertz CT molecular complexity index is 3160. The molecule has 0 atom stereocenters. The molecule has 0 amide bonds. The molecule has 0 N–H and O–H groups in total. The van der Waals surface area contributed by atoms with Crippen LogP contribution in [0.5, 0.6) is 0 Å². The average molecular weight is 797 g/mol. The van der Waals surface area contributed by atoms with Crippen molar-refractivity contribution in [1.82, 2.24) is 0 Å². The van der Waals surface area contributed by atoms with Crippen molar-refractivity contribution in [2.24, 2.45) is 0 Å². The van der Waals surface area contributed by atoms with Gasteiger partial charge in [0.15, 0.2) is 0 Å².